The van der Waals surface area contributed by atoms with Crippen LogP contribution >= 0.6 is 0 Å². The van der Waals surface area contributed by atoms with Crippen LogP contribution in [-0.4, -0.2) is 15.0 Å². The summed E-state index contributed by atoms with van der Waals surface area (Å²) in [6.45, 7) is 0. The number of benzene rings is 8. The van der Waals surface area contributed by atoms with Crippen LogP contribution in [0.1, 0.15) is 0 Å². The van der Waals surface area contributed by atoms with Crippen molar-refractivity contribution in [1.29, 1.82) is 0 Å². The van der Waals surface area contributed by atoms with Crippen molar-refractivity contribution in [3.63, 3.8) is 0 Å². The molecule has 0 saturated heterocycles. The second-order valence-corrected chi connectivity index (χ2v) is 12.4. The molecule has 0 aliphatic rings. The number of hydrogen-bond donors (Lipinski definition) is 0. The fourth-order valence-corrected chi connectivity index (χ4v) is 7.12. The molecule has 0 bridgehead atoms. The van der Waals surface area contributed by atoms with Gasteiger partial charge in [0.05, 0.1) is 0 Å². The second-order valence-electron chi connectivity index (χ2n) is 12.4. The van der Waals surface area contributed by atoms with Gasteiger partial charge in [0.25, 0.3) is 0 Å². The van der Waals surface area contributed by atoms with Crippen LogP contribution in [0.25, 0.3) is 99.5 Å². The molecule has 4 nitrogen and oxygen atoms in total. The lowest BCUT2D eigenvalue weighted by molar-refractivity contribution is 0.669. The van der Waals surface area contributed by atoms with Gasteiger partial charge in [-0.05, 0) is 73.8 Å². The summed E-state index contributed by atoms with van der Waals surface area (Å²) in [5, 5.41) is 9.11. The van der Waals surface area contributed by atoms with E-state index in [4.69, 9.17) is 19.4 Å². The van der Waals surface area contributed by atoms with E-state index in [-0.39, 0.29) is 0 Å². The molecule has 0 aliphatic heterocycles. The summed E-state index contributed by atoms with van der Waals surface area (Å²) >= 11 is 0. The molecule has 4 heteroatoms. The van der Waals surface area contributed by atoms with Crippen molar-refractivity contribution in [3.8, 4) is 45.3 Å². The summed E-state index contributed by atoms with van der Waals surface area (Å²) in [5.41, 5.74) is 6.53. The van der Waals surface area contributed by atoms with E-state index in [0.717, 1.165) is 60.5 Å². The van der Waals surface area contributed by atoms with E-state index in [9.17, 15) is 0 Å². The van der Waals surface area contributed by atoms with Crippen LogP contribution in [0, 0.1) is 0 Å². The monoisotopic (exact) mass is 625 g/mol. The number of para-hydroxylation sites is 1. The predicted molar refractivity (Wildman–Crippen MR) is 201 cm³/mol. The van der Waals surface area contributed by atoms with Crippen molar-refractivity contribution in [2.75, 3.05) is 0 Å². The summed E-state index contributed by atoms with van der Waals surface area (Å²) in [6, 6.07) is 57.0. The van der Waals surface area contributed by atoms with Crippen molar-refractivity contribution in [2.24, 2.45) is 0 Å². The van der Waals surface area contributed by atoms with Crippen LogP contribution in [0.15, 0.2) is 168 Å². The van der Waals surface area contributed by atoms with E-state index in [0.29, 0.717) is 17.5 Å². The molecule has 0 atom stereocenters. The van der Waals surface area contributed by atoms with Gasteiger partial charge < -0.3 is 4.42 Å². The fraction of sp³-hybridized carbons (Fsp3) is 0. The molecule has 0 spiro atoms. The Bertz CT molecular complexity index is 2890. The molecule has 2 aromatic heterocycles. The molecule has 228 valence electrons. The molecule has 0 amide bonds. The van der Waals surface area contributed by atoms with Crippen molar-refractivity contribution >= 4 is 54.3 Å². The van der Waals surface area contributed by atoms with E-state index in [1.165, 1.54) is 21.5 Å². The third kappa shape index (κ3) is 4.57. The smallest absolute Gasteiger partial charge is 0.164 e. The molecule has 0 radical (unpaired) electrons. The van der Waals surface area contributed by atoms with Gasteiger partial charge in [0.1, 0.15) is 11.2 Å². The van der Waals surface area contributed by atoms with E-state index >= 15 is 0 Å². The summed E-state index contributed by atoms with van der Waals surface area (Å²) in [5.74, 6) is 1.83. The van der Waals surface area contributed by atoms with Crippen LogP contribution in [0.3, 0.4) is 0 Å². The molecule has 10 aromatic rings. The minimum atomic E-state index is 0.589. The van der Waals surface area contributed by atoms with Crippen molar-refractivity contribution in [2.45, 2.75) is 0 Å². The highest BCUT2D eigenvalue weighted by Gasteiger charge is 2.20. The maximum Gasteiger partial charge on any atom is 0.164 e. The fourth-order valence-electron chi connectivity index (χ4n) is 7.12. The Morgan fingerprint density at radius 2 is 0.939 bits per heavy atom. The van der Waals surface area contributed by atoms with E-state index in [1.54, 1.807) is 0 Å². The SMILES string of the molecule is c1ccc(-c2nc(-c3cc4oc5ccccc5c4cc3-c3ccc4ccccc4c3)nc(-c3cc4ccccc4c4ccccc34)n2)cc1. The topological polar surface area (TPSA) is 51.8 Å². The number of furan rings is 1. The molecule has 0 saturated carbocycles. The Balaban J connectivity index is 1.30. The number of rotatable bonds is 4. The van der Waals surface area contributed by atoms with Gasteiger partial charge in [-0.2, -0.15) is 0 Å². The van der Waals surface area contributed by atoms with Crippen LogP contribution in [0.2, 0.25) is 0 Å². The average Bonchev–Trinajstić information content (AvgIpc) is 3.54. The van der Waals surface area contributed by atoms with Gasteiger partial charge in [-0.15, -0.1) is 0 Å². The number of fused-ring (bicyclic) bond motifs is 7. The first-order chi connectivity index (χ1) is 24.3. The van der Waals surface area contributed by atoms with E-state index in [1.807, 2.05) is 42.5 Å². The summed E-state index contributed by atoms with van der Waals surface area (Å²) < 4.78 is 6.44. The molecule has 2 heterocycles. The highest BCUT2D eigenvalue weighted by Crippen LogP contribution is 2.41. The van der Waals surface area contributed by atoms with Crippen LogP contribution in [-0.2, 0) is 0 Å². The lowest BCUT2D eigenvalue weighted by atomic mass is 9.94. The Kier molecular flexibility index (Phi) is 6.15. The first kappa shape index (κ1) is 27.5. The lowest BCUT2D eigenvalue weighted by Crippen LogP contribution is -2.01. The van der Waals surface area contributed by atoms with Crippen molar-refractivity contribution in [1.82, 2.24) is 15.0 Å². The van der Waals surface area contributed by atoms with Crippen molar-refractivity contribution in [3.05, 3.63) is 164 Å². The summed E-state index contributed by atoms with van der Waals surface area (Å²) in [4.78, 5) is 15.6. The van der Waals surface area contributed by atoms with Gasteiger partial charge in [-0.25, -0.2) is 15.0 Å². The van der Waals surface area contributed by atoms with Crippen LogP contribution in [0.5, 0.6) is 0 Å². The minimum absolute atomic E-state index is 0.589. The van der Waals surface area contributed by atoms with Gasteiger partial charge in [-0.1, -0.05) is 133 Å². The average molecular weight is 626 g/mol. The van der Waals surface area contributed by atoms with Gasteiger partial charge in [-0.3, -0.25) is 0 Å². The van der Waals surface area contributed by atoms with Crippen LogP contribution < -0.4 is 0 Å². The zero-order valence-corrected chi connectivity index (χ0v) is 26.3. The third-order valence-electron chi connectivity index (χ3n) is 9.49. The van der Waals surface area contributed by atoms with Crippen molar-refractivity contribution < 1.29 is 4.42 Å². The van der Waals surface area contributed by atoms with E-state index in [2.05, 4.69) is 121 Å². The van der Waals surface area contributed by atoms with E-state index < -0.39 is 0 Å². The van der Waals surface area contributed by atoms with Crippen LogP contribution in [0.4, 0.5) is 0 Å². The Labute approximate surface area is 282 Å². The van der Waals surface area contributed by atoms with Gasteiger partial charge in [0.15, 0.2) is 17.5 Å². The summed E-state index contributed by atoms with van der Waals surface area (Å²) in [6.07, 6.45) is 0. The number of aromatic nitrogens is 3. The molecule has 0 N–H and O–H groups in total. The molecular formula is C45H27N3O. The summed E-state index contributed by atoms with van der Waals surface area (Å²) in [7, 11) is 0. The normalized spacial score (nSPS) is 11.7. The highest BCUT2D eigenvalue weighted by molar-refractivity contribution is 6.13. The Morgan fingerprint density at radius 1 is 0.306 bits per heavy atom. The first-order valence-electron chi connectivity index (χ1n) is 16.4. The molecular weight excluding hydrogens is 599 g/mol. The molecule has 10 rings (SSSR count). The standard InChI is InChI=1S/C45H27N3O/c1-2-13-29(14-3-1)43-46-44(39-25-31-16-6-7-17-33(31)34-18-8-9-19-35(34)39)48-45(47-43)40-27-42-38(36-20-10-11-21-41(36)49-42)26-37(40)32-23-22-28-12-4-5-15-30(28)24-32/h1-27H. The highest BCUT2D eigenvalue weighted by atomic mass is 16.3. The Morgan fingerprint density at radius 3 is 1.78 bits per heavy atom. The maximum atomic E-state index is 6.44. The van der Waals surface area contributed by atoms with Gasteiger partial charge in [0.2, 0.25) is 0 Å². The molecule has 0 aliphatic carbocycles. The second kappa shape index (κ2) is 11.0. The lowest BCUT2D eigenvalue weighted by Gasteiger charge is -2.14. The number of hydrogen-bond acceptors (Lipinski definition) is 4. The predicted octanol–water partition coefficient (Wildman–Crippen LogP) is 11.9. The molecule has 0 fully saturated rings. The zero-order chi connectivity index (χ0) is 32.3. The zero-order valence-electron chi connectivity index (χ0n) is 26.3. The quantitative estimate of drug-likeness (QED) is 0.183. The molecule has 0 unspecified atom stereocenters. The molecule has 8 aromatic carbocycles. The van der Waals surface area contributed by atoms with Gasteiger partial charge in [0, 0.05) is 27.5 Å². The minimum Gasteiger partial charge on any atom is -0.456 e. The largest absolute Gasteiger partial charge is 0.456 e. The maximum absolute atomic E-state index is 6.44. The van der Waals surface area contributed by atoms with Gasteiger partial charge >= 0.3 is 0 Å². The first-order valence-corrected chi connectivity index (χ1v) is 16.4. The Hall–Kier alpha value is -6.65. The number of nitrogens with zero attached hydrogens (tertiary/aromatic N) is 3. The third-order valence-corrected chi connectivity index (χ3v) is 9.49. The molecule has 49 heavy (non-hydrogen) atoms.